The van der Waals surface area contributed by atoms with Gasteiger partial charge >= 0.3 is 0 Å². The van der Waals surface area contributed by atoms with E-state index in [0.717, 1.165) is 26.2 Å². The van der Waals surface area contributed by atoms with E-state index in [-0.39, 0.29) is 0 Å². The highest BCUT2D eigenvalue weighted by molar-refractivity contribution is 5.78. The van der Waals surface area contributed by atoms with E-state index in [4.69, 9.17) is 5.73 Å². The summed E-state index contributed by atoms with van der Waals surface area (Å²) in [4.78, 5) is 11.8. The Morgan fingerprint density at radius 1 is 1.12 bits per heavy atom. The van der Waals surface area contributed by atoms with E-state index in [0.29, 0.717) is 18.5 Å². The highest BCUT2D eigenvalue weighted by Crippen LogP contribution is 2.25. The molecule has 1 aliphatic carbocycles. The fourth-order valence-corrected chi connectivity index (χ4v) is 3.30. The van der Waals surface area contributed by atoms with Gasteiger partial charge in [-0.1, -0.05) is 31.2 Å². The fourth-order valence-electron chi connectivity index (χ4n) is 3.30. The normalized spacial score (nSPS) is 20.3. The number of nitrogens with zero attached hydrogens (tertiary/aromatic N) is 4. The third-order valence-electron chi connectivity index (χ3n) is 5.29. The van der Waals surface area contributed by atoms with Gasteiger partial charge in [0.2, 0.25) is 0 Å². The number of nitrogens with two attached hydrogens (primary N) is 1. The average molecular weight is 329 g/mol. The van der Waals surface area contributed by atoms with Crippen molar-refractivity contribution in [1.82, 2.24) is 14.7 Å². The van der Waals surface area contributed by atoms with Crippen molar-refractivity contribution in [2.75, 3.05) is 39.8 Å². The predicted molar refractivity (Wildman–Crippen MR) is 99.9 cm³/mol. The molecule has 0 bridgehead atoms. The Bertz CT molecular complexity index is 559. The first-order valence-electron chi connectivity index (χ1n) is 9.21. The first-order chi connectivity index (χ1) is 11.7. The molecule has 0 atom stereocenters. The highest BCUT2D eigenvalue weighted by Gasteiger charge is 2.27. The lowest BCUT2D eigenvalue weighted by Crippen LogP contribution is -2.45. The lowest BCUT2D eigenvalue weighted by atomic mass is 10.1. The molecule has 0 aromatic heterocycles. The smallest absolute Gasteiger partial charge is 0.191 e. The van der Waals surface area contributed by atoms with Crippen LogP contribution in [0.3, 0.4) is 0 Å². The Labute approximate surface area is 146 Å². The number of aliphatic imine (C=N–C) groups is 1. The fraction of sp³-hybridized carbons (Fsp3) is 0.632. The zero-order valence-electron chi connectivity index (χ0n) is 15.1. The third kappa shape index (κ3) is 4.48. The molecule has 5 heteroatoms. The van der Waals surface area contributed by atoms with Gasteiger partial charge < -0.3 is 15.5 Å². The van der Waals surface area contributed by atoms with Crippen molar-refractivity contribution in [3.05, 3.63) is 35.4 Å². The molecular formula is C19H31N5. The van der Waals surface area contributed by atoms with E-state index in [1.54, 1.807) is 0 Å². The number of hydrogen-bond donors (Lipinski definition) is 1. The summed E-state index contributed by atoms with van der Waals surface area (Å²) in [7, 11) is 2.05. The minimum Gasteiger partial charge on any atom is -0.370 e. The molecule has 2 aliphatic rings. The summed E-state index contributed by atoms with van der Waals surface area (Å²) >= 11 is 0. The molecule has 24 heavy (non-hydrogen) atoms. The number of benzene rings is 1. The third-order valence-corrected chi connectivity index (χ3v) is 5.29. The van der Waals surface area contributed by atoms with Crippen molar-refractivity contribution in [2.24, 2.45) is 10.7 Å². The Morgan fingerprint density at radius 2 is 1.75 bits per heavy atom. The van der Waals surface area contributed by atoms with Crippen LogP contribution in [-0.4, -0.2) is 66.5 Å². The zero-order chi connectivity index (χ0) is 16.9. The Balaban J connectivity index is 1.59. The SMILES string of the molecule is CCN1CCN(Cc2ccccc2CN=C(N)N(C)C2CC2)CC1. The maximum atomic E-state index is 6.13. The highest BCUT2D eigenvalue weighted by atomic mass is 15.3. The first-order valence-corrected chi connectivity index (χ1v) is 9.21. The number of hydrogen-bond acceptors (Lipinski definition) is 3. The van der Waals surface area contributed by atoms with Gasteiger partial charge in [0.1, 0.15) is 0 Å². The molecule has 1 saturated carbocycles. The largest absolute Gasteiger partial charge is 0.370 e. The van der Waals surface area contributed by atoms with E-state index >= 15 is 0 Å². The molecule has 0 amide bonds. The van der Waals surface area contributed by atoms with Gasteiger partial charge in [-0.15, -0.1) is 0 Å². The molecule has 5 nitrogen and oxygen atoms in total. The number of piperazine rings is 1. The maximum absolute atomic E-state index is 6.13. The second-order valence-electron chi connectivity index (χ2n) is 7.00. The molecule has 2 fully saturated rings. The summed E-state index contributed by atoms with van der Waals surface area (Å²) in [6.45, 7) is 9.75. The van der Waals surface area contributed by atoms with Gasteiger partial charge in [0.05, 0.1) is 6.54 Å². The quantitative estimate of drug-likeness (QED) is 0.638. The van der Waals surface area contributed by atoms with Crippen molar-refractivity contribution < 1.29 is 0 Å². The Morgan fingerprint density at radius 3 is 2.38 bits per heavy atom. The van der Waals surface area contributed by atoms with Crippen LogP contribution in [0, 0.1) is 0 Å². The number of rotatable bonds is 6. The first kappa shape index (κ1) is 17.2. The molecule has 0 unspecified atom stereocenters. The molecule has 1 aromatic carbocycles. The van der Waals surface area contributed by atoms with Crippen LogP contribution in [0.5, 0.6) is 0 Å². The maximum Gasteiger partial charge on any atom is 0.191 e. The van der Waals surface area contributed by atoms with Crippen LogP contribution in [0.25, 0.3) is 0 Å². The van der Waals surface area contributed by atoms with E-state index in [1.165, 1.54) is 37.1 Å². The Kier molecular flexibility index (Phi) is 5.74. The lowest BCUT2D eigenvalue weighted by Gasteiger charge is -2.34. The van der Waals surface area contributed by atoms with Crippen molar-refractivity contribution in [3.63, 3.8) is 0 Å². The topological polar surface area (TPSA) is 48.1 Å². The summed E-state index contributed by atoms with van der Waals surface area (Å²) < 4.78 is 0. The molecule has 1 aromatic rings. The summed E-state index contributed by atoms with van der Waals surface area (Å²) in [6.07, 6.45) is 2.49. The summed E-state index contributed by atoms with van der Waals surface area (Å²) in [5, 5.41) is 0. The van der Waals surface area contributed by atoms with Gasteiger partial charge in [-0.3, -0.25) is 4.90 Å². The van der Waals surface area contributed by atoms with Gasteiger partial charge in [-0.25, -0.2) is 4.99 Å². The van der Waals surface area contributed by atoms with E-state index < -0.39 is 0 Å². The Hall–Kier alpha value is -1.59. The van der Waals surface area contributed by atoms with Crippen LogP contribution in [0.1, 0.15) is 30.9 Å². The second kappa shape index (κ2) is 7.99. The molecule has 3 rings (SSSR count). The van der Waals surface area contributed by atoms with Crippen LogP contribution in [-0.2, 0) is 13.1 Å². The summed E-state index contributed by atoms with van der Waals surface area (Å²) in [5.41, 5.74) is 8.81. The summed E-state index contributed by atoms with van der Waals surface area (Å²) in [6, 6.07) is 9.26. The molecule has 2 N–H and O–H groups in total. The van der Waals surface area contributed by atoms with Crippen LogP contribution in [0.4, 0.5) is 0 Å². The van der Waals surface area contributed by atoms with Gasteiger partial charge in [-0.2, -0.15) is 0 Å². The predicted octanol–water partition coefficient (Wildman–Crippen LogP) is 1.73. The monoisotopic (exact) mass is 329 g/mol. The molecule has 1 heterocycles. The van der Waals surface area contributed by atoms with Crippen molar-refractivity contribution in [2.45, 2.75) is 38.9 Å². The average Bonchev–Trinajstić information content (AvgIpc) is 3.46. The standard InChI is InChI=1S/C19H31N5/c1-3-23-10-12-24(13-11-23)15-17-7-5-4-6-16(17)14-21-19(20)22(2)18-8-9-18/h4-7,18H,3,8-15H2,1-2H3,(H2,20,21). The van der Waals surface area contributed by atoms with Gasteiger partial charge in [-0.05, 0) is 30.5 Å². The molecule has 0 radical (unpaired) electrons. The molecule has 132 valence electrons. The van der Waals surface area contributed by atoms with Crippen molar-refractivity contribution in [3.8, 4) is 0 Å². The van der Waals surface area contributed by atoms with Gasteiger partial charge in [0.25, 0.3) is 0 Å². The minimum atomic E-state index is 0.610. The van der Waals surface area contributed by atoms with Crippen molar-refractivity contribution in [1.29, 1.82) is 0 Å². The minimum absolute atomic E-state index is 0.610. The molecule has 1 aliphatic heterocycles. The number of likely N-dealkylation sites (N-methyl/N-ethyl adjacent to an activating group) is 1. The van der Waals surface area contributed by atoms with E-state index in [9.17, 15) is 0 Å². The lowest BCUT2D eigenvalue weighted by molar-refractivity contribution is 0.131. The molecular weight excluding hydrogens is 298 g/mol. The molecule has 1 saturated heterocycles. The molecule has 0 spiro atoms. The van der Waals surface area contributed by atoms with Gasteiger partial charge in [0, 0.05) is 45.8 Å². The van der Waals surface area contributed by atoms with Crippen LogP contribution in [0.15, 0.2) is 29.3 Å². The van der Waals surface area contributed by atoms with Crippen LogP contribution < -0.4 is 5.73 Å². The summed E-state index contributed by atoms with van der Waals surface area (Å²) in [5.74, 6) is 0.670. The van der Waals surface area contributed by atoms with E-state index in [1.807, 2.05) is 0 Å². The van der Waals surface area contributed by atoms with Crippen molar-refractivity contribution >= 4 is 5.96 Å². The van der Waals surface area contributed by atoms with Gasteiger partial charge in [0.15, 0.2) is 5.96 Å². The van der Waals surface area contributed by atoms with E-state index in [2.05, 4.69) is 57.9 Å². The van der Waals surface area contributed by atoms with Crippen LogP contribution in [0.2, 0.25) is 0 Å². The van der Waals surface area contributed by atoms with Crippen LogP contribution >= 0.6 is 0 Å². The number of guanidine groups is 1. The second-order valence-corrected chi connectivity index (χ2v) is 7.00. The zero-order valence-corrected chi connectivity index (χ0v) is 15.1.